The molecule has 6 nitrogen and oxygen atoms in total. The van der Waals surface area contributed by atoms with E-state index in [1.54, 1.807) is 32.3 Å². The SMILES string of the molecule is CCC(C)NC(=NCc1ccccc1OC(F)F)NCC(=O)N(C)C.I. The molecule has 0 heterocycles. The van der Waals surface area contributed by atoms with Crippen molar-refractivity contribution in [1.82, 2.24) is 15.5 Å². The monoisotopic (exact) mass is 484 g/mol. The van der Waals surface area contributed by atoms with Gasteiger partial charge in [-0.25, -0.2) is 4.99 Å². The van der Waals surface area contributed by atoms with E-state index in [-0.39, 0.29) is 54.8 Å². The molecule has 26 heavy (non-hydrogen) atoms. The molecule has 1 aromatic carbocycles. The average molecular weight is 484 g/mol. The van der Waals surface area contributed by atoms with Crippen LogP contribution in [-0.2, 0) is 11.3 Å². The highest BCUT2D eigenvalue weighted by Gasteiger charge is 2.11. The highest BCUT2D eigenvalue weighted by Crippen LogP contribution is 2.20. The summed E-state index contributed by atoms with van der Waals surface area (Å²) in [6.07, 6.45) is 0.868. The highest BCUT2D eigenvalue weighted by atomic mass is 127. The second kappa shape index (κ2) is 12.7. The van der Waals surface area contributed by atoms with Crippen molar-refractivity contribution in [3.05, 3.63) is 29.8 Å². The number of para-hydroxylation sites is 1. The number of halogens is 3. The van der Waals surface area contributed by atoms with Gasteiger partial charge in [-0.3, -0.25) is 4.79 Å². The van der Waals surface area contributed by atoms with Crippen LogP contribution in [0.4, 0.5) is 8.78 Å². The first-order chi connectivity index (χ1) is 11.8. The number of alkyl halides is 2. The van der Waals surface area contributed by atoms with E-state index in [2.05, 4.69) is 20.4 Å². The van der Waals surface area contributed by atoms with Crippen LogP contribution in [0, 0.1) is 0 Å². The number of nitrogens with zero attached hydrogens (tertiary/aromatic N) is 2. The molecule has 0 bridgehead atoms. The van der Waals surface area contributed by atoms with Crippen LogP contribution in [-0.4, -0.2) is 50.1 Å². The number of benzene rings is 1. The molecule has 1 atom stereocenters. The van der Waals surface area contributed by atoms with Crippen LogP contribution in [0.3, 0.4) is 0 Å². The number of hydrogen-bond donors (Lipinski definition) is 2. The van der Waals surface area contributed by atoms with Crippen molar-refractivity contribution in [2.24, 2.45) is 4.99 Å². The summed E-state index contributed by atoms with van der Waals surface area (Å²) in [5.41, 5.74) is 0.534. The third-order valence-electron chi connectivity index (χ3n) is 3.50. The van der Waals surface area contributed by atoms with Crippen LogP contribution in [0.2, 0.25) is 0 Å². The van der Waals surface area contributed by atoms with E-state index in [1.807, 2.05) is 13.8 Å². The predicted octanol–water partition coefficient (Wildman–Crippen LogP) is 2.83. The lowest BCUT2D eigenvalue weighted by atomic mass is 10.2. The van der Waals surface area contributed by atoms with Crippen LogP contribution in [0.15, 0.2) is 29.3 Å². The topological polar surface area (TPSA) is 66.0 Å². The number of hydrogen-bond acceptors (Lipinski definition) is 3. The summed E-state index contributed by atoms with van der Waals surface area (Å²) >= 11 is 0. The molecule has 0 aliphatic rings. The van der Waals surface area contributed by atoms with Gasteiger partial charge in [0.25, 0.3) is 0 Å². The lowest BCUT2D eigenvalue weighted by Crippen LogP contribution is -2.45. The first-order valence-electron chi connectivity index (χ1n) is 8.11. The first kappa shape index (κ1) is 24.4. The molecule has 0 spiro atoms. The van der Waals surface area contributed by atoms with Crippen LogP contribution >= 0.6 is 24.0 Å². The van der Waals surface area contributed by atoms with Gasteiger partial charge < -0.3 is 20.3 Å². The Morgan fingerprint density at radius 1 is 1.31 bits per heavy atom. The van der Waals surface area contributed by atoms with E-state index in [4.69, 9.17) is 0 Å². The maximum absolute atomic E-state index is 12.5. The fourth-order valence-corrected chi connectivity index (χ4v) is 1.82. The van der Waals surface area contributed by atoms with Crippen LogP contribution in [0.1, 0.15) is 25.8 Å². The second-order valence-electron chi connectivity index (χ2n) is 5.75. The molecule has 9 heteroatoms. The zero-order valence-corrected chi connectivity index (χ0v) is 17.8. The van der Waals surface area contributed by atoms with Gasteiger partial charge in [-0.15, -0.1) is 24.0 Å². The summed E-state index contributed by atoms with van der Waals surface area (Å²) in [4.78, 5) is 17.6. The summed E-state index contributed by atoms with van der Waals surface area (Å²) in [5, 5.41) is 6.13. The maximum atomic E-state index is 12.5. The van der Waals surface area contributed by atoms with E-state index >= 15 is 0 Å². The average Bonchev–Trinajstić information content (AvgIpc) is 2.57. The van der Waals surface area contributed by atoms with Crippen LogP contribution in [0.5, 0.6) is 5.75 Å². The number of aliphatic imine (C=N–C) groups is 1. The Morgan fingerprint density at radius 2 is 1.96 bits per heavy atom. The molecular formula is C17H27F2IN4O2. The van der Waals surface area contributed by atoms with Crippen LogP contribution in [0.25, 0.3) is 0 Å². The number of amides is 1. The van der Waals surface area contributed by atoms with E-state index < -0.39 is 6.61 Å². The van der Waals surface area contributed by atoms with Gasteiger partial charge in [-0.05, 0) is 19.4 Å². The Bertz CT molecular complexity index is 586. The lowest BCUT2D eigenvalue weighted by molar-refractivity contribution is -0.127. The third kappa shape index (κ3) is 9.16. The number of guanidine groups is 1. The fourth-order valence-electron chi connectivity index (χ4n) is 1.82. The minimum absolute atomic E-state index is 0. The van der Waals surface area contributed by atoms with Crippen molar-refractivity contribution in [2.45, 2.75) is 39.5 Å². The van der Waals surface area contributed by atoms with Crippen LogP contribution < -0.4 is 15.4 Å². The minimum Gasteiger partial charge on any atom is -0.434 e. The van der Waals surface area contributed by atoms with Gasteiger partial charge in [-0.2, -0.15) is 8.78 Å². The quantitative estimate of drug-likeness (QED) is 0.339. The van der Waals surface area contributed by atoms with Gasteiger partial charge in [0.05, 0.1) is 13.1 Å². The smallest absolute Gasteiger partial charge is 0.387 e. The Morgan fingerprint density at radius 3 is 2.54 bits per heavy atom. The first-order valence-corrected chi connectivity index (χ1v) is 8.11. The third-order valence-corrected chi connectivity index (χ3v) is 3.50. The Balaban J connectivity index is 0.00000625. The second-order valence-corrected chi connectivity index (χ2v) is 5.75. The standard InChI is InChI=1S/C17H26F2N4O2.HI/c1-5-12(2)22-17(21-11-15(24)23(3)4)20-10-13-8-6-7-9-14(13)25-16(18)19;/h6-9,12,16H,5,10-11H2,1-4H3,(H2,20,21,22);1H. The van der Waals surface area contributed by atoms with Gasteiger partial charge in [0.2, 0.25) is 5.91 Å². The van der Waals surface area contributed by atoms with E-state index in [9.17, 15) is 13.6 Å². The highest BCUT2D eigenvalue weighted by molar-refractivity contribution is 14.0. The van der Waals surface area contributed by atoms with E-state index in [0.717, 1.165) is 6.42 Å². The van der Waals surface area contributed by atoms with Gasteiger partial charge in [0.1, 0.15) is 5.75 Å². The summed E-state index contributed by atoms with van der Waals surface area (Å²) in [6.45, 7) is 1.35. The largest absolute Gasteiger partial charge is 0.434 e. The zero-order valence-electron chi connectivity index (χ0n) is 15.5. The fraction of sp³-hybridized carbons (Fsp3) is 0.529. The lowest BCUT2D eigenvalue weighted by Gasteiger charge is -2.18. The summed E-state index contributed by atoms with van der Waals surface area (Å²) < 4.78 is 29.5. The zero-order chi connectivity index (χ0) is 18.8. The van der Waals surface area contributed by atoms with Crippen molar-refractivity contribution in [3.8, 4) is 5.75 Å². The molecule has 1 amide bonds. The molecule has 0 saturated carbocycles. The number of carbonyl (C=O) groups is 1. The Labute approximate surface area is 170 Å². The summed E-state index contributed by atoms with van der Waals surface area (Å²) in [7, 11) is 3.34. The Kier molecular flexibility index (Phi) is 11.9. The Hall–Kier alpha value is -1.65. The minimum atomic E-state index is -2.89. The normalized spacial score (nSPS) is 12.2. The summed E-state index contributed by atoms with van der Waals surface area (Å²) in [5.74, 6) is 0.435. The van der Waals surface area contributed by atoms with Crippen molar-refractivity contribution in [2.75, 3.05) is 20.6 Å². The molecule has 0 aromatic heterocycles. The molecule has 0 aliphatic carbocycles. The molecule has 0 aliphatic heterocycles. The molecular weight excluding hydrogens is 457 g/mol. The van der Waals surface area contributed by atoms with Gasteiger partial charge in [-0.1, -0.05) is 25.1 Å². The van der Waals surface area contributed by atoms with Crippen molar-refractivity contribution >= 4 is 35.8 Å². The number of ether oxygens (including phenoxy) is 1. The number of likely N-dealkylation sites (N-methyl/N-ethyl adjacent to an activating group) is 1. The molecule has 1 aromatic rings. The molecule has 0 fully saturated rings. The summed E-state index contributed by atoms with van der Waals surface area (Å²) in [6, 6.07) is 6.65. The predicted molar refractivity (Wildman–Crippen MR) is 109 cm³/mol. The van der Waals surface area contributed by atoms with Crippen molar-refractivity contribution < 1.29 is 18.3 Å². The van der Waals surface area contributed by atoms with E-state index in [1.165, 1.54) is 11.0 Å². The van der Waals surface area contributed by atoms with E-state index in [0.29, 0.717) is 11.5 Å². The number of nitrogens with one attached hydrogen (secondary N) is 2. The molecule has 0 saturated heterocycles. The van der Waals surface area contributed by atoms with Crippen molar-refractivity contribution in [1.29, 1.82) is 0 Å². The number of carbonyl (C=O) groups excluding carboxylic acids is 1. The molecule has 148 valence electrons. The van der Waals surface area contributed by atoms with Crippen molar-refractivity contribution in [3.63, 3.8) is 0 Å². The van der Waals surface area contributed by atoms with Gasteiger partial charge in [0, 0.05) is 25.7 Å². The molecule has 2 N–H and O–H groups in total. The van der Waals surface area contributed by atoms with Gasteiger partial charge >= 0.3 is 6.61 Å². The molecule has 0 radical (unpaired) electrons. The maximum Gasteiger partial charge on any atom is 0.387 e. The van der Waals surface area contributed by atoms with Gasteiger partial charge in [0.15, 0.2) is 5.96 Å². The molecule has 1 unspecified atom stereocenters. The number of rotatable bonds is 8. The molecule has 1 rings (SSSR count).